The molecule has 2 heterocycles. The molecule has 114 valence electrons. The van der Waals surface area contributed by atoms with E-state index in [1.165, 1.54) is 11.3 Å². The fourth-order valence-electron chi connectivity index (χ4n) is 2.37. The van der Waals surface area contributed by atoms with Gasteiger partial charge in [-0.1, -0.05) is 13.8 Å². The molecule has 0 unspecified atom stereocenters. The molecule has 1 saturated heterocycles. The van der Waals surface area contributed by atoms with Crippen LogP contribution in [0.3, 0.4) is 0 Å². The molecule has 0 aliphatic carbocycles. The maximum Gasteiger partial charge on any atom is 0.328 e. The third kappa shape index (κ3) is 4.70. The molecule has 0 atom stereocenters. The first-order chi connectivity index (χ1) is 9.85. The van der Waals surface area contributed by atoms with Gasteiger partial charge in [-0.2, -0.15) is 0 Å². The molecule has 0 saturated carbocycles. The Morgan fingerprint density at radius 1 is 1.43 bits per heavy atom. The minimum Gasteiger partial charge on any atom is -0.478 e. The smallest absolute Gasteiger partial charge is 0.328 e. The van der Waals surface area contributed by atoms with Gasteiger partial charge in [-0.05, 0) is 36.5 Å². The van der Waals surface area contributed by atoms with Gasteiger partial charge in [0.1, 0.15) is 0 Å². The Hall–Kier alpha value is -1.62. The summed E-state index contributed by atoms with van der Waals surface area (Å²) >= 11 is 1.53. The molecule has 1 amide bonds. The van der Waals surface area contributed by atoms with Gasteiger partial charge in [-0.25, -0.2) is 4.79 Å². The van der Waals surface area contributed by atoms with Gasteiger partial charge in [0, 0.05) is 28.8 Å². The van der Waals surface area contributed by atoms with Crippen molar-refractivity contribution < 1.29 is 14.7 Å². The molecule has 2 rings (SSSR count). The van der Waals surface area contributed by atoms with E-state index in [0.29, 0.717) is 13.0 Å². The Labute approximate surface area is 129 Å². The van der Waals surface area contributed by atoms with Crippen molar-refractivity contribution in [2.75, 3.05) is 6.54 Å². The normalized spacial score (nSPS) is 19.0. The van der Waals surface area contributed by atoms with Crippen molar-refractivity contribution in [3.05, 3.63) is 28.0 Å². The van der Waals surface area contributed by atoms with Crippen molar-refractivity contribution in [3.8, 4) is 0 Å². The highest BCUT2D eigenvalue weighted by molar-refractivity contribution is 7.12. The van der Waals surface area contributed by atoms with Crippen LogP contribution in [0.5, 0.6) is 0 Å². The largest absolute Gasteiger partial charge is 0.478 e. The van der Waals surface area contributed by atoms with Crippen LogP contribution in [0.15, 0.2) is 18.2 Å². The fraction of sp³-hybridized carbons (Fsp3) is 0.500. The lowest BCUT2D eigenvalue weighted by Crippen LogP contribution is -2.29. The Balaban J connectivity index is 2.01. The second-order valence-electron chi connectivity index (χ2n) is 6.21. The predicted molar refractivity (Wildman–Crippen MR) is 84.0 cm³/mol. The first-order valence-corrected chi connectivity index (χ1v) is 7.95. The molecule has 1 aliphatic rings. The number of carboxylic acid groups (broad SMARTS) is 1. The number of carbonyl (C=O) groups is 2. The second kappa shape index (κ2) is 6.43. The first kappa shape index (κ1) is 15.8. The maximum absolute atomic E-state index is 12.2. The van der Waals surface area contributed by atoms with Crippen LogP contribution in [-0.2, 0) is 16.1 Å². The lowest BCUT2D eigenvalue weighted by Gasteiger charge is -2.23. The molecule has 1 aromatic rings. The maximum atomic E-state index is 12.2. The highest BCUT2D eigenvalue weighted by atomic mass is 32.1. The monoisotopic (exact) mass is 307 g/mol. The zero-order chi connectivity index (χ0) is 15.5. The zero-order valence-electron chi connectivity index (χ0n) is 12.5. The lowest BCUT2D eigenvalue weighted by molar-refractivity contribution is -0.132. The van der Waals surface area contributed by atoms with E-state index in [4.69, 9.17) is 5.11 Å². The number of likely N-dealkylation sites (tertiary alicyclic amines) is 1. The average Bonchev–Trinajstić information content (AvgIpc) is 2.81. The number of rotatable bonds is 4. The quantitative estimate of drug-likeness (QED) is 0.868. The van der Waals surface area contributed by atoms with E-state index in [2.05, 4.69) is 13.8 Å². The molecule has 0 spiro atoms. The topological polar surface area (TPSA) is 57.6 Å². The number of hydrogen-bond donors (Lipinski definition) is 1. The molecular formula is C16H21NO3S. The summed E-state index contributed by atoms with van der Waals surface area (Å²) in [6, 6.07) is 3.86. The van der Waals surface area contributed by atoms with Gasteiger partial charge in [-0.3, -0.25) is 4.79 Å². The van der Waals surface area contributed by atoms with Crippen molar-refractivity contribution in [2.45, 2.75) is 39.7 Å². The van der Waals surface area contributed by atoms with E-state index in [1.54, 1.807) is 6.08 Å². The Morgan fingerprint density at radius 3 is 2.90 bits per heavy atom. The van der Waals surface area contributed by atoms with Gasteiger partial charge in [-0.15, -0.1) is 11.3 Å². The molecule has 21 heavy (non-hydrogen) atoms. The van der Waals surface area contributed by atoms with Crippen LogP contribution in [0.2, 0.25) is 0 Å². The van der Waals surface area contributed by atoms with E-state index in [1.807, 2.05) is 17.0 Å². The molecule has 5 heteroatoms. The molecule has 0 bridgehead atoms. The number of aliphatic carboxylic acids is 1. The zero-order valence-corrected chi connectivity index (χ0v) is 13.3. The molecule has 1 aliphatic heterocycles. The second-order valence-corrected chi connectivity index (χ2v) is 7.41. The number of amides is 1. The Kier molecular flexibility index (Phi) is 4.83. The van der Waals surface area contributed by atoms with Crippen molar-refractivity contribution in [2.24, 2.45) is 5.41 Å². The van der Waals surface area contributed by atoms with Crippen LogP contribution >= 0.6 is 11.3 Å². The summed E-state index contributed by atoms with van der Waals surface area (Å²) in [5.41, 5.74) is 0.231. The molecular weight excluding hydrogens is 286 g/mol. The molecule has 1 fully saturated rings. The van der Waals surface area contributed by atoms with Gasteiger partial charge < -0.3 is 10.0 Å². The molecule has 0 aromatic carbocycles. The van der Waals surface area contributed by atoms with Gasteiger partial charge in [0.05, 0.1) is 6.54 Å². The lowest BCUT2D eigenvalue weighted by atomic mass is 9.85. The first-order valence-electron chi connectivity index (χ1n) is 7.13. The molecule has 1 N–H and O–H groups in total. The van der Waals surface area contributed by atoms with Crippen LogP contribution in [0.25, 0.3) is 6.08 Å². The van der Waals surface area contributed by atoms with Gasteiger partial charge in [0.25, 0.3) is 0 Å². The Morgan fingerprint density at radius 2 is 2.19 bits per heavy atom. The summed E-state index contributed by atoms with van der Waals surface area (Å²) in [5, 5.41) is 8.62. The van der Waals surface area contributed by atoms with Crippen molar-refractivity contribution >= 4 is 29.3 Å². The van der Waals surface area contributed by atoms with Gasteiger partial charge in [0.15, 0.2) is 0 Å². The number of hydrogen-bond acceptors (Lipinski definition) is 3. The van der Waals surface area contributed by atoms with Gasteiger partial charge in [0.2, 0.25) is 5.91 Å². The van der Waals surface area contributed by atoms with E-state index >= 15 is 0 Å². The van der Waals surface area contributed by atoms with Crippen molar-refractivity contribution in [1.29, 1.82) is 0 Å². The highest BCUT2D eigenvalue weighted by Gasteiger charge is 2.27. The minimum absolute atomic E-state index is 0.219. The third-order valence-corrected chi connectivity index (χ3v) is 4.88. The standard InChI is InChI=1S/C16H21NO3S/c1-16(2)8-7-14(18)17(10-9-16)11-13-4-3-12(21-13)5-6-15(19)20/h3-6H,7-11H2,1-2H3,(H,19,20). The van der Waals surface area contributed by atoms with Crippen molar-refractivity contribution in [1.82, 2.24) is 4.90 Å². The fourth-order valence-corrected chi connectivity index (χ4v) is 3.30. The summed E-state index contributed by atoms with van der Waals surface area (Å²) in [6.07, 6.45) is 5.30. The van der Waals surface area contributed by atoms with Crippen LogP contribution < -0.4 is 0 Å². The predicted octanol–water partition coefficient (Wildman–Crippen LogP) is 3.38. The summed E-state index contributed by atoms with van der Waals surface area (Å²) in [4.78, 5) is 26.6. The SMILES string of the molecule is CC1(C)CCC(=O)N(Cc2ccc(C=CC(=O)O)s2)CC1. The van der Waals surface area contributed by atoms with Crippen LogP contribution in [0, 0.1) is 5.41 Å². The van der Waals surface area contributed by atoms with Gasteiger partial charge >= 0.3 is 5.97 Å². The highest BCUT2D eigenvalue weighted by Crippen LogP contribution is 2.31. The van der Waals surface area contributed by atoms with E-state index in [9.17, 15) is 9.59 Å². The minimum atomic E-state index is -0.949. The summed E-state index contributed by atoms with van der Waals surface area (Å²) in [7, 11) is 0. The summed E-state index contributed by atoms with van der Waals surface area (Å²) < 4.78 is 0. The van der Waals surface area contributed by atoms with Crippen LogP contribution in [0.1, 0.15) is 42.9 Å². The van der Waals surface area contributed by atoms with E-state index in [0.717, 1.165) is 35.2 Å². The molecule has 1 aromatic heterocycles. The van der Waals surface area contributed by atoms with E-state index in [-0.39, 0.29) is 11.3 Å². The number of carbonyl (C=O) groups excluding carboxylic acids is 1. The number of carboxylic acids is 1. The van der Waals surface area contributed by atoms with Crippen molar-refractivity contribution in [3.63, 3.8) is 0 Å². The van der Waals surface area contributed by atoms with E-state index < -0.39 is 5.97 Å². The number of thiophene rings is 1. The number of nitrogens with zero attached hydrogens (tertiary/aromatic N) is 1. The Bertz CT molecular complexity index is 560. The third-order valence-electron chi connectivity index (χ3n) is 3.85. The summed E-state index contributed by atoms with van der Waals surface area (Å²) in [5.74, 6) is -0.730. The van der Waals surface area contributed by atoms with Crippen LogP contribution in [-0.4, -0.2) is 28.4 Å². The molecule has 0 radical (unpaired) electrons. The summed E-state index contributed by atoms with van der Waals surface area (Å²) in [6.45, 7) is 5.85. The average molecular weight is 307 g/mol. The van der Waals surface area contributed by atoms with Crippen LogP contribution in [0.4, 0.5) is 0 Å². The molecule has 4 nitrogen and oxygen atoms in total.